The summed E-state index contributed by atoms with van der Waals surface area (Å²) < 4.78 is 32.0. The summed E-state index contributed by atoms with van der Waals surface area (Å²) in [5.74, 6) is -2.88. The van der Waals surface area contributed by atoms with Crippen LogP contribution in [0.4, 0.5) is 0 Å². The van der Waals surface area contributed by atoms with Crippen LogP contribution in [0.15, 0.2) is 0 Å². The van der Waals surface area contributed by atoms with Crippen molar-refractivity contribution >= 4 is 22.2 Å². The molecule has 0 aromatic carbocycles. The van der Waals surface area contributed by atoms with Crippen molar-refractivity contribution in [3.8, 4) is 0 Å². The van der Waals surface area contributed by atoms with Gasteiger partial charge < -0.3 is 16.6 Å². The molecule has 82 valence electrons. The Labute approximate surface area is 78.6 Å². The molecule has 6 N–H and O–H groups in total. The van der Waals surface area contributed by atoms with Crippen LogP contribution in [-0.2, 0) is 24.2 Å². The molecule has 14 heavy (non-hydrogen) atoms. The maximum absolute atomic E-state index is 10.5. The smallest absolute Gasteiger partial charge is 0.380 e. The summed E-state index contributed by atoms with van der Waals surface area (Å²) in [5.41, 5.74) is 9.12. The summed E-state index contributed by atoms with van der Waals surface area (Å²) in [6.07, 6.45) is -4.50. The Hall–Kier alpha value is -1.23. The number of rotatable bonds is 5. The van der Waals surface area contributed by atoms with Gasteiger partial charge in [0.2, 0.25) is 5.91 Å². The molecule has 9 nitrogen and oxygen atoms in total. The van der Waals surface area contributed by atoms with Gasteiger partial charge in [0.1, 0.15) is 0 Å². The molecule has 0 saturated carbocycles. The van der Waals surface area contributed by atoms with Gasteiger partial charge in [-0.15, -0.1) is 0 Å². The van der Waals surface area contributed by atoms with Gasteiger partial charge in [-0.3, -0.25) is 14.1 Å². The molecule has 0 rings (SSSR count). The lowest BCUT2D eigenvalue weighted by Crippen LogP contribution is -2.48. The number of amides is 2. The molecule has 0 unspecified atom stereocenters. The molecule has 10 heteroatoms. The van der Waals surface area contributed by atoms with Crippen molar-refractivity contribution in [1.82, 2.24) is 0 Å². The molecule has 0 radical (unpaired) electrons. The van der Waals surface area contributed by atoms with Crippen LogP contribution in [0.25, 0.3) is 0 Å². The first-order valence-electron chi connectivity index (χ1n) is 3.07. The number of aliphatic hydroxyl groups excluding tert-OH is 1. The van der Waals surface area contributed by atoms with Crippen molar-refractivity contribution in [2.45, 2.75) is 12.2 Å². The van der Waals surface area contributed by atoms with Gasteiger partial charge in [0.05, 0.1) is 0 Å². The first-order valence-corrected chi connectivity index (χ1v) is 4.44. The van der Waals surface area contributed by atoms with Crippen LogP contribution in [0.1, 0.15) is 0 Å². The van der Waals surface area contributed by atoms with E-state index in [0.717, 1.165) is 0 Å². The maximum Gasteiger partial charge on any atom is 0.398 e. The Morgan fingerprint density at radius 3 is 1.86 bits per heavy atom. The summed E-state index contributed by atoms with van der Waals surface area (Å²) in [6.45, 7) is 0. The van der Waals surface area contributed by atoms with Crippen molar-refractivity contribution in [3.63, 3.8) is 0 Å². The van der Waals surface area contributed by atoms with Crippen molar-refractivity contribution in [2.75, 3.05) is 0 Å². The molecule has 0 bridgehead atoms. The Kier molecular flexibility index (Phi) is 3.94. The number of nitrogens with two attached hydrogens (primary N) is 2. The van der Waals surface area contributed by atoms with E-state index in [2.05, 4.69) is 15.7 Å². The van der Waals surface area contributed by atoms with E-state index in [0.29, 0.717) is 0 Å². The lowest BCUT2D eigenvalue weighted by Gasteiger charge is -2.14. The number of hydrogen-bond acceptors (Lipinski definition) is 6. The molecule has 0 fully saturated rings. The SMILES string of the molecule is NC(=O)[C@@H](O)[C@H](OS(=O)(=O)O)C(N)=O. The van der Waals surface area contributed by atoms with Gasteiger partial charge in [0, 0.05) is 0 Å². The van der Waals surface area contributed by atoms with Crippen LogP contribution in [0, 0.1) is 0 Å². The minimum atomic E-state index is -5.02. The molecule has 0 aliphatic heterocycles. The van der Waals surface area contributed by atoms with Crippen molar-refractivity contribution < 1.29 is 31.8 Å². The first kappa shape index (κ1) is 12.8. The number of carbonyl (C=O) groups is 2. The monoisotopic (exact) mass is 228 g/mol. The number of aliphatic hydroxyl groups is 1. The molecule has 2 atom stereocenters. The molecule has 0 aliphatic rings. The van der Waals surface area contributed by atoms with Crippen molar-refractivity contribution in [3.05, 3.63) is 0 Å². The van der Waals surface area contributed by atoms with E-state index in [1.54, 1.807) is 0 Å². The van der Waals surface area contributed by atoms with Crippen LogP contribution < -0.4 is 11.5 Å². The van der Waals surface area contributed by atoms with E-state index in [-0.39, 0.29) is 0 Å². The highest BCUT2D eigenvalue weighted by atomic mass is 32.3. The van der Waals surface area contributed by atoms with E-state index >= 15 is 0 Å². The molecule has 0 aromatic heterocycles. The van der Waals surface area contributed by atoms with E-state index in [9.17, 15) is 18.0 Å². The number of hydrogen-bond donors (Lipinski definition) is 4. The third-order valence-electron chi connectivity index (χ3n) is 1.08. The molecule has 0 aromatic rings. The maximum atomic E-state index is 10.5. The zero-order valence-corrected chi connectivity index (χ0v) is 7.47. The summed E-state index contributed by atoms with van der Waals surface area (Å²) in [7, 11) is -5.02. The quantitative estimate of drug-likeness (QED) is 0.353. The first-order chi connectivity index (χ1) is 6.15. The van der Waals surface area contributed by atoms with Crippen LogP contribution in [0.3, 0.4) is 0 Å². The van der Waals surface area contributed by atoms with Crippen molar-refractivity contribution in [1.29, 1.82) is 0 Å². The fourth-order valence-electron chi connectivity index (χ4n) is 0.536. The third-order valence-corrected chi connectivity index (χ3v) is 1.53. The van der Waals surface area contributed by atoms with Gasteiger partial charge in [0.15, 0.2) is 12.2 Å². The van der Waals surface area contributed by atoms with Gasteiger partial charge in [-0.05, 0) is 0 Å². The average Bonchev–Trinajstić information content (AvgIpc) is 1.96. The van der Waals surface area contributed by atoms with Crippen molar-refractivity contribution in [2.24, 2.45) is 11.5 Å². The molecule has 0 saturated heterocycles. The lowest BCUT2D eigenvalue weighted by molar-refractivity contribution is -0.140. The lowest BCUT2D eigenvalue weighted by atomic mass is 10.2. The highest BCUT2D eigenvalue weighted by Crippen LogP contribution is 2.02. The Morgan fingerprint density at radius 2 is 1.64 bits per heavy atom. The highest BCUT2D eigenvalue weighted by molar-refractivity contribution is 7.80. The van der Waals surface area contributed by atoms with E-state index in [1.165, 1.54) is 0 Å². The minimum absolute atomic E-state index is 1.42. The molecule has 0 aliphatic carbocycles. The molecular formula is C4H8N2O7S. The largest absolute Gasteiger partial charge is 0.398 e. The Balaban J connectivity index is 4.79. The zero-order chi connectivity index (χ0) is 11.5. The predicted molar refractivity (Wildman–Crippen MR) is 40.8 cm³/mol. The van der Waals surface area contributed by atoms with Gasteiger partial charge >= 0.3 is 10.4 Å². The molecule has 2 amide bonds. The van der Waals surface area contributed by atoms with Gasteiger partial charge in [0.25, 0.3) is 5.91 Å². The fourth-order valence-corrected chi connectivity index (χ4v) is 0.998. The van der Waals surface area contributed by atoms with E-state index in [1.807, 2.05) is 0 Å². The predicted octanol–water partition coefficient (Wildman–Crippen LogP) is -3.49. The third kappa shape index (κ3) is 4.13. The van der Waals surface area contributed by atoms with Crippen LogP contribution in [0.2, 0.25) is 0 Å². The van der Waals surface area contributed by atoms with Gasteiger partial charge in [-0.25, -0.2) is 4.18 Å². The van der Waals surface area contributed by atoms with E-state index < -0.39 is 34.4 Å². The normalized spacial score (nSPS) is 15.9. The second-order valence-corrected chi connectivity index (χ2v) is 3.24. The average molecular weight is 228 g/mol. The summed E-state index contributed by atoms with van der Waals surface area (Å²) in [6, 6.07) is 0. The highest BCUT2D eigenvalue weighted by Gasteiger charge is 2.34. The van der Waals surface area contributed by atoms with Gasteiger partial charge in [-0.1, -0.05) is 0 Å². The standard InChI is InChI=1S/C4H8N2O7S/c5-3(8)1(7)2(4(6)9)13-14(10,11)12/h1-2,7H,(H2,5,8)(H2,6,9)(H,10,11,12)/t1-,2-/m0/s1. The second kappa shape index (κ2) is 4.32. The zero-order valence-electron chi connectivity index (χ0n) is 6.65. The van der Waals surface area contributed by atoms with Gasteiger partial charge in [-0.2, -0.15) is 8.42 Å². The topological polar surface area (TPSA) is 170 Å². The number of carbonyl (C=O) groups excluding carboxylic acids is 2. The van der Waals surface area contributed by atoms with Crippen LogP contribution in [0.5, 0.6) is 0 Å². The fraction of sp³-hybridized carbons (Fsp3) is 0.500. The molecule has 0 spiro atoms. The number of primary amides is 2. The molecule has 0 heterocycles. The van der Waals surface area contributed by atoms with Crippen LogP contribution in [-0.4, -0.2) is 42.1 Å². The molecular weight excluding hydrogens is 220 g/mol. The minimum Gasteiger partial charge on any atom is -0.380 e. The van der Waals surface area contributed by atoms with Crippen LogP contribution >= 0.6 is 0 Å². The van der Waals surface area contributed by atoms with E-state index in [4.69, 9.17) is 9.66 Å². The Morgan fingerprint density at radius 1 is 1.21 bits per heavy atom. The Bertz CT molecular complexity index is 336. The summed E-state index contributed by atoms with van der Waals surface area (Å²) >= 11 is 0. The summed E-state index contributed by atoms with van der Waals surface area (Å²) in [5, 5.41) is 8.84. The second-order valence-electron chi connectivity index (χ2n) is 2.19. The summed E-state index contributed by atoms with van der Waals surface area (Å²) in [4.78, 5) is 20.8.